The van der Waals surface area contributed by atoms with E-state index in [0.717, 1.165) is 16.8 Å². The summed E-state index contributed by atoms with van der Waals surface area (Å²) in [5, 5.41) is 1.44. The molecule has 0 radical (unpaired) electrons. The van der Waals surface area contributed by atoms with Crippen molar-refractivity contribution in [1.82, 2.24) is 0 Å². The van der Waals surface area contributed by atoms with Gasteiger partial charge in [0.2, 0.25) is 11.2 Å². The van der Waals surface area contributed by atoms with Crippen LogP contribution in [0.15, 0.2) is 69.9 Å². The number of carbonyl (C=O) groups is 1. The summed E-state index contributed by atoms with van der Waals surface area (Å²) in [6.45, 7) is 2.05. The van der Waals surface area contributed by atoms with Gasteiger partial charge < -0.3 is 23.4 Å². The Labute approximate surface area is 202 Å². The zero-order valence-electron chi connectivity index (χ0n) is 19.1. The Kier molecular flexibility index (Phi) is 7.44. The van der Waals surface area contributed by atoms with Crippen molar-refractivity contribution in [3.8, 4) is 17.2 Å². The van der Waals surface area contributed by atoms with Crippen LogP contribution in [0.2, 0.25) is 0 Å². The molecule has 0 spiro atoms. The van der Waals surface area contributed by atoms with Crippen molar-refractivity contribution in [3.05, 3.63) is 76.6 Å². The van der Waals surface area contributed by atoms with E-state index in [4.69, 9.17) is 23.4 Å². The number of carbonyl (C=O) groups excluding carboxylic acids is 1. The van der Waals surface area contributed by atoms with Crippen LogP contribution in [0.5, 0.6) is 17.2 Å². The van der Waals surface area contributed by atoms with E-state index in [1.807, 2.05) is 12.1 Å². The maximum atomic E-state index is 13.8. The fourth-order valence-corrected chi connectivity index (χ4v) is 3.42. The van der Waals surface area contributed by atoms with E-state index in [1.165, 1.54) is 24.3 Å². The van der Waals surface area contributed by atoms with Crippen molar-refractivity contribution >= 4 is 27.7 Å². The lowest BCUT2D eigenvalue weighted by Gasteiger charge is -2.14. The molecule has 3 aromatic carbocycles. The number of esters is 1. The van der Waals surface area contributed by atoms with Crippen LogP contribution >= 0.6 is 0 Å². The third-order valence-corrected chi connectivity index (χ3v) is 5.07. The summed E-state index contributed by atoms with van der Waals surface area (Å²) in [5.74, 6) is -3.18. The predicted octanol–water partition coefficient (Wildman–Crippen LogP) is 5.72. The van der Waals surface area contributed by atoms with Crippen LogP contribution in [0.25, 0.3) is 21.7 Å². The standard InChI is InChI=1S/C26H21F3O7/c1-2-32-11-12-33-22(30)15-34-18-9-10-20-21(14-18)36-25(26(27,28)29)24(23(20)31)35-19-8-7-16-5-3-4-6-17(16)13-19/h3-10,13-14H,2,11-12,15H2,1H3. The average Bonchev–Trinajstić information content (AvgIpc) is 2.86. The number of ether oxygens (including phenoxy) is 4. The van der Waals surface area contributed by atoms with Gasteiger partial charge in [0, 0.05) is 12.7 Å². The van der Waals surface area contributed by atoms with Gasteiger partial charge in [-0.25, -0.2) is 4.79 Å². The first kappa shape index (κ1) is 25.1. The summed E-state index contributed by atoms with van der Waals surface area (Å²) >= 11 is 0. The summed E-state index contributed by atoms with van der Waals surface area (Å²) in [7, 11) is 0. The van der Waals surface area contributed by atoms with Gasteiger partial charge in [0.15, 0.2) is 6.61 Å². The van der Waals surface area contributed by atoms with Crippen molar-refractivity contribution in [1.29, 1.82) is 0 Å². The molecular weight excluding hydrogens is 481 g/mol. The minimum atomic E-state index is -5.01. The van der Waals surface area contributed by atoms with Gasteiger partial charge in [-0.15, -0.1) is 0 Å². The predicted molar refractivity (Wildman–Crippen MR) is 124 cm³/mol. The normalized spacial score (nSPS) is 11.6. The number of rotatable bonds is 9. The lowest BCUT2D eigenvalue weighted by atomic mass is 10.1. The quantitative estimate of drug-likeness (QED) is 0.214. The Morgan fingerprint density at radius 3 is 2.44 bits per heavy atom. The number of halogens is 3. The first-order chi connectivity index (χ1) is 17.3. The Bertz CT molecular complexity index is 1440. The molecule has 10 heteroatoms. The third-order valence-electron chi connectivity index (χ3n) is 5.07. The highest BCUT2D eigenvalue weighted by atomic mass is 19.4. The average molecular weight is 502 g/mol. The highest BCUT2D eigenvalue weighted by Crippen LogP contribution is 2.39. The maximum absolute atomic E-state index is 13.8. The Balaban J connectivity index is 1.61. The molecule has 36 heavy (non-hydrogen) atoms. The molecule has 0 atom stereocenters. The van der Waals surface area contributed by atoms with E-state index in [9.17, 15) is 22.8 Å². The number of hydrogen-bond donors (Lipinski definition) is 0. The largest absolute Gasteiger partial charge is 0.482 e. The molecule has 0 amide bonds. The second-order valence-corrected chi connectivity index (χ2v) is 7.56. The second kappa shape index (κ2) is 10.7. The monoisotopic (exact) mass is 502 g/mol. The van der Waals surface area contributed by atoms with Gasteiger partial charge in [0.1, 0.15) is 23.7 Å². The minimum Gasteiger partial charge on any atom is -0.482 e. The molecule has 7 nitrogen and oxygen atoms in total. The van der Waals surface area contributed by atoms with Crippen LogP contribution < -0.4 is 14.9 Å². The maximum Gasteiger partial charge on any atom is 0.453 e. The van der Waals surface area contributed by atoms with E-state index in [-0.39, 0.29) is 35.7 Å². The first-order valence-electron chi connectivity index (χ1n) is 11.0. The van der Waals surface area contributed by atoms with Crippen LogP contribution in [0.4, 0.5) is 13.2 Å². The molecule has 4 rings (SSSR count). The van der Waals surface area contributed by atoms with Crippen LogP contribution in [0.1, 0.15) is 12.7 Å². The first-order valence-corrected chi connectivity index (χ1v) is 11.0. The number of fused-ring (bicyclic) bond motifs is 2. The topological polar surface area (TPSA) is 84.2 Å². The molecule has 0 aliphatic heterocycles. The van der Waals surface area contributed by atoms with Crippen molar-refractivity contribution in [2.75, 3.05) is 26.4 Å². The van der Waals surface area contributed by atoms with Crippen molar-refractivity contribution < 1.29 is 41.3 Å². The summed E-state index contributed by atoms with van der Waals surface area (Å²) in [6, 6.07) is 15.6. The minimum absolute atomic E-state index is 0.0173. The van der Waals surface area contributed by atoms with Gasteiger partial charge in [-0.2, -0.15) is 13.2 Å². The van der Waals surface area contributed by atoms with Gasteiger partial charge in [0.05, 0.1) is 12.0 Å². The fraction of sp³-hybridized carbons (Fsp3) is 0.231. The molecule has 0 fully saturated rings. The molecular formula is C26H21F3O7. The third kappa shape index (κ3) is 5.77. The molecule has 0 N–H and O–H groups in total. The smallest absolute Gasteiger partial charge is 0.453 e. The van der Waals surface area contributed by atoms with Gasteiger partial charge in [0.25, 0.3) is 5.76 Å². The van der Waals surface area contributed by atoms with Crippen LogP contribution in [0, 0.1) is 0 Å². The number of benzene rings is 3. The molecule has 0 saturated heterocycles. The van der Waals surface area contributed by atoms with Crippen molar-refractivity contribution in [3.63, 3.8) is 0 Å². The Hall–Kier alpha value is -4.05. The Morgan fingerprint density at radius 2 is 1.69 bits per heavy atom. The lowest BCUT2D eigenvalue weighted by Crippen LogP contribution is -2.18. The number of hydrogen-bond acceptors (Lipinski definition) is 7. The van der Waals surface area contributed by atoms with Crippen molar-refractivity contribution in [2.24, 2.45) is 0 Å². The van der Waals surface area contributed by atoms with Crippen LogP contribution in [-0.4, -0.2) is 32.4 Å². The summed E-state index contributed by atoms with van der Waals surface area (Å²) in [6.07, 6.45) is -5.01. The van der Waals surface area contributed by atoms with Crippen molar-refractivity contribution in [2.45, 2.75) is 13.1 Å². The highest BCUT2D eigenvalue weighted by Gasteiger charge is 2.40. The van der Waals surface area contributed by atoms with E-state index >= 15 is 0 Å². The van der Waals surface area contributed by atoms with Gasteiger partial charge in [-0.3, -0.25) is 4.79 Å². The molecule has 1 aromatic heterocycles. The van der Waals surface area contributed by atoms with Gasteiger partial charge in [-0.1, -0.05) is 30.3 Å². The zero-order valence-corrected chi connectivity index (χ0v) is 19.1. The fourth-order valence-electron chi connectivity index (χ4n) is 3.42. The van der Waals surface area contributed by atoms with E-state index < -0.39 is 35.7 Å². The number of alkyl halides is 3. The molecule has 4 aromatic rings. The van der Waals surface area contributed by atoms with Crippen LogP contribution in [-0.2, 0) is 20.4 Å². The van der Waals surface area contributed by atoms with E-state index in [2.05, 4.69) is 0 Å². The van der Waals surface area contributed by atoms with E-state index in [0.29, 0.717) is 6.61 Å². The van der Waals surface area contributed by atoms with Gasteiger partial charge in [-0.05, 0) is 42.0 Å². The molecule has 0 unspecified atom stereocenters. The lowest BCUT2D eigenvalue weighted by molar-refractivity contribution is -0.154. The van der Waals surface area contributed by atoms with Gasteiger partial charge >= 0.3 is 12.1 Å². The molecule has 1 heterocycles. The Morgan fingerprint density at radius 1 is 0.944 bits per heavy atom. The molecule has 188 valence electrons. The van der Waals surface area contributed by atoms with E-state index in [1.54, 1.807) is 25.1 Å². The summed E-state index contributed by atoms with van der Waals surface area (Å²) in [4.78, 5) is 24.7. The molecule has 0 bridgehead atoms. The second-order valence-electron chi connectivity index (χ2n) is 7.56. The summed E-state index contributed by atoms with van der Waals surface area (Å²) < 4.78 is 67.2. The summed E-state index contributed by atoms with van der Waals surface area (Å²) in [5.41, 5.74) is -1.38. The molecule has 0 aliphatic rings. The molecule has 0 aliphatic carbocycles. The zero-order chi connectivity index (χ0) is 25.7. The highest BCUT2D eigenvalue weighted by molar-refractivity contribution is 5.84. The van der Waals surface area contributed by atoms with Crippen LogP contribution in [0.3, 0.4) is 0 Å². The molecule has 0 saturated carbocycles. The SMILES string of the molecule is CCOCCOC(=O)COc1ccc2c(=O)c(Oc3ccc4ccccc4c3)c(C(F)(F)F)oc2c1.